The van der Waals surface area contributed by atoms with E-state index in [2.05, 4.69) is 47.6 Å². The molecule has 0 spiro atoms. The molecule has 0 heterocycles. The number of hydrogen-bond acceptors (Lipinski definition) is 3. The minimum absolute atomic E-state index is 0.0265. The van der Waals surface area contributed by atoms with Crippen molar-refractivity contribution in [1.29, 1.82) is 0 Å². The summed E-state index contributed by atoms with van der Waals surface area (Å²) in [5.41, 5.74) is 1.85. The Bertz CT molecular complexity index is 970. The van der Waals surface area contributed by atoms with Crippen LogP contribution in [0.1, 0.15) is 52.7 Å². The van der Waals surface area contributed by atoms with Crippen LogP contribution in [0, 0.1) is 0 Å². The van der Waals surface area contributed by atoms with Gasteiger partial charge in [0.25, 0.3) is 0 Å². The fraction of sp³-hybridized carbons (Fsp3) is 0.308. The van der Waals surface area contributed by atoms with Gasteiger partial charge in [0.15, 0.2) is 0 Å². The van der Waals surface area contributed by atoms with Crippen molar-refractivity contribution in [3.05, 3.63) is 90.0 Å². The van der Waals surface area contributed by atoms with Crippen LogP contribution in [0.25, 0.3) is 0 Å². The summed E-state index contributed by atoms with van der Waals surface area (Å²) >= 11 is 0. The third-order valence-electron chi connectivity index (χ3n) is 5.37. The van der Waals surface area contributed by atoms with Crippen LogP contribution in [0.15, 0.2) is 78.9 Å². The van der Waals surface area contributed by atoms with Gasteiger partial charge in [0.1, 0.15) is 0 Å². The summed E-state index contributed by atoms with van der Waals surface area (Å²) in [5.74, 6) is 0.492. The van der Waals surface area contributed by atoms with Crippen molar-refractivity contribution in [3.8, 4) is 5.75 Å². The molecular weight excluding hydrogens is 391 g/mol. The second-order valence-corrected chi connectivity index (χ2v) is 13.0. The average molecular weight is 425 g/mol. The van der Waals surface area contributed by atoms with Gasteiger partial charge in [0.2, 0.25) is 0 Å². The van der Waals surface area contributed by atoms with E-state index >= 15 is 0 Å². The number of hydrogen-bond donors (Lipinski definition) is 2. The van der Waals surface area contributed by atoms with Crippen LogP contribution in [0.4, 0.5) is 0 Å². The summed E-state index contributed by atoms with van der Waals surface area (Å²) in [5, 5.41) is 0.740. The summed E-state index contributed by atoms with van der Waals surface area (Å²) < 4.78 is 6.33. The van der Waals surface area contributed by atoms with Crippen LogP contribution < -0.4 is 15.1 Å². The Labute approximate surface area is 180 Å². The Morgan fingerprint density at radius 3 is 1.50 bits per heavy atom. The van der Waals surface area contributed by atoms with E-state index in [0.717, 1.165) is 5.56 Å². The molecule has 2 N–H and O–H groups in total. The van der Waals surface area contributed by atoms with E-state index in [0.29, 0.717) is 16.4 Å². The van der Waals surface area contributed by atoms with Crippen LogP contribution in [0.2, 0.25) is 0 Å². The summed E-state index contributed by atoms with van der Waals surface area (Å²) in [4.78, 5) is 23.9. The molecular formula is C26H33O3P. The standard InChI is InChI=1S/C26H33O3P/c1-25(2,3)20-17-18-24(23(19-20)26(4,5)6)29-30(27,28,21-13-9-7-10-14-21)22-15-11-8-12-16-22/h7-19,27-28H,1-6H3. The van der Waals surface area contributed by atoms with Gasteiger partial charge in [0.05, 0.1) is 0 Å². The third-order valence-corrected chi connectivity index (χ3v) is 8.37. The molecule has 3 aromatic carbocycles. The monoisotopic (exact) mass is 424 g/mol. The van der Waals surface area contributed by atoms with Gasteiger partial charge in [0, 0.05) is 0 Å². The molecule has 0 aliphatic carbocycles. The average Bonchev–Trinajstić information content (AvgIpc) is 2.68. The molecule has 0 unspecified atom stereocenters. The normalized spacial score (nSPS) is 14.1. The number of benzene rings is 3. The molecule has 0 atom stereocenters. The van der Waals surface area contributed by atoms with Crippen LogP contribution >= 0.6 is 7.28 Å². The molecule has 0 bridgehead atoms. The van der Waals surface area contributed by atoms with Gasteiger partial charge in [-0.1, -0.05) is 0 Å². The first-order valence-corrected chi connectivity index (χ1v) is 12.4. The van der Waals surface area contributed by atoms with E-state index < -0.39 is 7.28 Å². The van der Waals surface area contributed by atoms with Gasteiger partial charge in [-0.05, 0) is 0 Å². The van der Waals surface area contributed by atoms with Gasteiger partial charge >= 0.3 is 180 Å². The quantitative estimate of drug-likeness (QED) is 0.537. The SMILES string of the molecule is CC(C)(C)c1ccc(OP(O)(O)(c2ccccc2)c2ccccc2)c(C(C)(C)C)c1. The minimum atomic E-state index is -4.92. The van der Waals surface area contributed by atoms with E-state index in [1.54, 1.807) is 48.5 Å². The molecule has 4 heteroatoms. The topological polar surface area (TPSA) is 49.7 Å². The zero-order valence-electron chi connectivity index (χ0n) is 18.8. The first kappa shape index (κ1) is 22.5. The second kappa shape index (κ2) is 7.50. The van der Waals surface area contributed by atoms with Crippen molar-refractivity contribution in [2.24, 2.45) is 0 Å². The van der Waals surface area contributed by atoms with Crippen LogP contribution in [-0.4, -0.2) is 9.79 Å². The van der Waals surface area contributed by atoms with Gasteiger partial charge < -0.3 is 0 Å². The predicted molar refractivity (Wildman–Crippen MR) is 128 cm³/mol. The first-order valence-electron chi connectivity index (χ1n) is 10.3. The van der Waals surface area contributed by atoms with Crippen molar-refractivity contribution in [1.82, 2.24) is 0 Å². The fourth-order valence-corrected chi connectivity index (χ4v) is 5.96. The summed E-state index contributed by atoms with van der Waals surface area (Å²) in [7, 11) is -4.92. The van der Waals surface area contributed by atoms with Gasteiger partial charge in [-0.25, -0.2) is 0 Å². The molecule has 3 nitrogen and oxygen atoms in total. The van der Waals surface area contributed by atoms with Crippen molar-refractivity contribution in [3.63, 3.8) is 0 Å². The third kappa shape index (κ3) is 4.30. The van der Waals surface area contributed by atoms with Crippen LogP contribution in [0.5, 0.6) is 5.75 Å². The molecule has 0 aromatic heterocycles. The van der Waals surface area contributed by atoms with Gasteiger partial charge in [-0.15, -0.1) is 0 Å². The molecule has 0 saturated carbocycles. The second-order valence-electron chi connectivity index (χ2n) is 9.92. The Balaban J connectivity index is 2.25. The van der Waals surface area contributed by atoms with Gasteiger partial charge in [-0.2, -0.15) is 0 Å². The van der Waals surface area contributed by atoms with Crippen LogP contribution in [0.3, 0.4) is 0 Å². The maximum absolute atomic E-state index is 12.0. The summed E-state index contributed by atoms with van der Waals surface area (Å²) in [6, 6.07) is 23.7. The van der Waals surface area contributed by atoms with Gasteiger partial charge in [-0.3, -0.25) is 0 Å². The Hall–Kier alpha value is -2.19. The number of rotatable bonds is 4. The van der Waals surface area contributed by atoms with Crippen molar-refractivity contribution in [2.75, 3.05) is 0 Å². The molecule has 0 saturated heterocycles. The van der Waals surface area contributed by atoms with Crippen LogP contribution in [-0.2, 0) is 10.8 Å². The Morgan fingerprint density at radius 2 is 1.10 bits per heavy atom. The van der Waals surface area contributed by atoms with Crippen molar-refractivity contribution >= 4 is 17.9 Å². The summed E-state index contributed by atoms with van der Waals surface area (Å²) in [6.45, 7) is 12.8. The molecule has 30 heavy (non-hydrogen) atoms. The molecule has 3 rings (SSSR count). The molecule has 3 aromatic rings. The zero-order valence-corrected chi connectivity index (χ0v) is 19.6. The van der Waals surface area contributed by atoms with E-state index in [1.165, 1.54) is 5.56 Å². The van der Waals surface area contributed by atoms with E-state index in [-0.39, 0.29) is 10.8 Å². The first-order chi connectivity index (χ1) is 13.8. The van der Waals surface area contributed by atoms with E-state index in [4.69, 9.17) is 4.52 Å². The Kier molecular flexibility index (Phi) is 5.62. The molecule has 0 aliphatic rings. The summed E-state index contributed by atoms with van der Waals surface area (Å²) in [6.07, 6.45) is 0. The van der Waals surface area contributed by atoms with Crippen molar-refractivity contribution < 1.29 is 14.3 Å². The molecule has 0 radical (unpaired) electrons. The van der Waals surface area contributed by atoms with Crippen molar-refractivity contribution in [2.45, 2.75) is 52.4 Å². The van der Waals surface area contributed by atoms with E-state index in [9.17, 15) is 9.79 Å². The zero-order chi connectivity index (χ0) is 22.2. The molecule has 0 fully saturated rings. The predicted octanol–water partition coefficient (Wildman–Crippen LogP) is 5.59. The van der Waals surface area contributed by atoms with E-state index in [1.807, 2.05) is 24.3 Å². The molecule has 160 valence electrons. The Morgan fingerprint density at radius 1 is 0.633 bits per heavy atom. The molecule has 0 amide bonds. The maximum atomic E-state index is 12.0. The molecule has 0 aliphatic heterocycles. The fourth-order valence-electron chi connectivity index (χ4n) is 3.50.